The van der Waals surface area contributed by atoms with Gasteiger partial charge >= 0.3 is 0 Å². The average molecular weight is 272 g/mol. The van der Waals surface area contributed by atoms with E-state index in [0.29, 0.717) is 20.5 Å². The monoisotopic (exact) mass is 270 g/mol. The molecule has 2 atom stereocenters. The van der Waals surface area contributed by atoms with Gasteiger partial charge in [0.05, 0.1) is 14.0 Å². The maximum atomic E-state index is 6.33. The van der Waals surface area contributed by atoms with E-state index in [9.17, 15) is 0 Å². The average Bonchev–Trinajstić information content (AvgIpc) is 2.42. The molecule has 14 heavy (non-hydrogen) atoms. The summed E-state index contributed by atoms with van der Waals surface area (Å²) in [7, 11) is 0. The van der Waals surface area contributed by atoms with Gasteiger partial charge in [-0.2, -0.15) is 0 Å². The van der Waals surface area contributed by atoms with E-state index in [2.05, 4.69) is 20.8 Å². The molecule has 0 nitrogen and oxygen atoms in total. The molecule has 0 bridgehead atoms. The molecule has 0 fully saturated rings. The molecule has 0 aliphatic carbocycles. The molecule has 1 aromatic heterocycles. The summed E-state index contributed by atoms with van der Waals surface area (Å²) in [5.74, 6) is 0.923. The summed E-state index contributed by atoms with van der Waals surface area (Å²) in [5.41, 5.74) is 0.963. The van der Waals surface area contributed by atoms with Crippen LogP contribution < -0.4 is 0 Å². The third kappa shape index (κ3) is 2.79. The van der Waals surface area contributed by atoms with Crippen molar-refractivity contribution in [3.05, 3.63) is 20.3 Å². The second kappa shape index (κ2) is 5.07. The second-order valence-corrected chi connectivity index (χ2v) is 6.54. The molecule has 1 heterocycles. The van der Waals surface area contributed by atoms with Crippen LogP contribution in [0.3, 0.4) is 0 Å². The molecule has 0 aliphatic heterocycles. The number of rotatable bonds is 3. The van der Waals surface area contributed by atoms with Gasteiger partial charge in [0.25, 0.3) is 0 Å². The zero-order chi connectivity index (χ0) is 10.9. The van der Waals surface area contributed by atoms with Crippen LogP contribution in [-0.2, 0) is 0 Å². The lowest BCUT2D eigenvalue weighted by Gasteiger charge is -2.21. The number of hydrogen-bond acceptors (Lipinski definition) is 1. The number of hydrogen-bond donors (Lipinski definition) is 0. The topological polar surface area (TPSA) is 0 Å². The van der Waals surface area contributed by atoms with Crippen molar-refractivity contribution in [3.63, 3.8) is 0 Å². The third-order valence-electron chi connectivity index (χ3n) is 2.49. The third-order valence-corrected chi connectivity index (χ3v) is 4.64. The fraction of sp³-hybridized carbons (Fsp3) is 0.600. The van der Waals surface area contributed by atoms with Crippen LogP contribution in [-0.4, -0.2) is 0 Å². The molecule has 2 unspecified atom stereocenters. The summed E-state index contributed by atoms with van der Waals surface area (Å²) in [6.07, 6.45) is 0. The molecule has 4 heteroatoms. The Morgan fingerprint density at radius 3 is 2.14 bits per heavy atom. The van der Waals surface area contributed by atoms with Gasteiger partial charge in [0.1, 0.15) is 0 Å². The first kappa shape index (κ1) is 12.6. The predicted molar refractivity (Wildman–Crippen MR) is 66.9 cm³/mol. The van der Waals surface area contributed by atoms with E-state index in [4.69, 9.17) is 34.8 Å². The van der Waals surface area contributed by atoms with Crippen molar-refractivity contribution in [3.8, 4) is 0 Å². The number of thiophene rings is 1. The van der Waals surface area contributed by atoms with Crippen molar-refractivity contribution in [1.29, 1.82) is 0 Å². The molecular formula is C10H13Cl3S. The quantitative estimate of drug-likeness (QED) is 0.625. The van der Waals surface area contributed by atoms with Gasteiger partial charge in [-0.05, 0) is 17.9 Å². The van der Waals surface area contributed by atoms with E-state index in [1.807, 2.05) is 6.07 Å². The Kier molecular flexibility index (Phi) is 4.57. The summed E-state index contributed by atoms with van der Waals surface area (Å²) >= 11 is 19.6. The Labute approximate surface area is 104 Å². The molecule has 0 amide bonds. The first-order valence-corrected chi connectivity index (χ1v) is 6.53. The van der Waals surface area contributed by atoms with Gasteiger partial charge in [-0.3, -0.25) is 0 Å². The maximum absolute atomic E-state index is 6.33. The van der Waals surface area contributed by atoms with Crippen molar-refractivity contribution < 1.29 is 0 Å². The van der Waals surface area contributed by atoms with E-state index in [-0.39, 0.29) is 5.38 Å². The Hall–Kier alpha value is 0.570. The minimum absolute atomic E-state index is 0.0498. The summed E-state index contributed by atoms with van der Waals surface area (Å²) in [6.45, 7) is 6.44. The first-order chi connectivity index (χ1) is 6.43. The maximum Gasteiger partial charge on any atom is 0.0991 e. The molecule has 1 aromatic rings. The second-order valence-electron chi connectivity index (χ2n) is 3.78. The van der Waals surface area contributed by atoms with Gasteiger partial charge < -0.3 is 0 Å². The van der Waals surface area contributed by atoms with Gasteiger partial charge in [0.15, 0.2) is 0 Å². The Bertz CT molecular complexity index is 306. The zero-order valence-electron chi connectivity index (χ0n) is 8.35. The highest BCUT2D eigenvalue weighted by molar-refractivity contribution is 7.20. The number of alkyl halides is 1. The van der Waals surface area contributed by atoms with E-state index >= 15 is 0 Å². The van der Waals surface area contributed by atoms with Crippen molar-refractivity contribution >= 4 is 46.1 Å². The van der Waals surface area contributed by atoms with E-state index < -0.39 is 0 Å². The van der Waals surface area contributed by atoms with Crippen LogP contribution >= 0.6 is 46.1 Å². The first-order valence-electron chi connectivity index (χ1n) is 4.52. The molecule has 0 aromatic carbocycles. The van der Waals surface area contributed by atoms with Gasteiger partial charge in [-0.15, -0.1) is 22.9 Å². The minimum atomic E-state index is -0.0498. The molecular weight excluding hydrogens is 259 g/mol. The Balaban J connectivity index is 2.88. The number of halogens is 3. The van der Waals surface area contributed by atoms with E-state index in [1.54, 1.807) is 0 Å². The molecule has 0 radical (unpaired) electrons. The fourth-order valence-corrected chi connectivity index (χ4v) is 3.30. The lowest BCUT2D eigenvalue weighted by molar-refractivity contribution is 0.406. The van der Waals surface area contributed by atoms with Gasteiger partial charge in [-0.25, -0.2) is 0 Å². The molecule has 0 saturated carbocycles. The van der Waals surface area contributed by atoms with Crippen molar-refractivity contribution in [2.45, 2.75) is 26.1 Å². The van der Waals surface area contributed by atoms with Crippen LogP contribution in [0.2, 0.25) is 8.67 Å². The summed E-state index contributed by atoms with van der Waals surface area (Å²) in [4.78, 5) is 0. The van der Waals surface area contributed by atoms with Crippen molar-refractivity contribution in [2.75, 3.05) is 0 Å². The fourth-order valence-electron chi connectivity index (χ4n) is 1.16. The smallest absolute Gasteiger partial charge is 0.0991 e. The highest BCUT2D eigenvalue weighted by atomic mass is 35.5. The van der Waals surface area contributed by atoms with Crippen molar-refractivity contribution in [2.24, 2.45) is 11.8 Å². The lowest BCUT2D eigenvalue weighted by Crippen LogP contribution is -2.10. The van der Waals surface area contributed by atoms with Crippen LogP contribution in [0.1, 0.15) is 31.7 Å². The normalized spacial score (nSPS) is 15.9. The highest BCUT2D eigenvalue weighted by Crippen LogP contribution is 2.42. The van der Waals surface area contributed by atoms with Crippen LogP contribution in [0.15, 0.2) is 6.07 Å². The van der Waals surface area contributed by atoms with Gasteiger partial charge in [0.2, 0.25) is 0 Å². The molecule has 0 spiro atoms. The summed E-state index contributed by atoms with van der Waals surface area (Å²) < 4.78 is 1.41. The Morgan fingerprint density at radius 1 is 1.21 bits per heavy atom. The van der Waals surface area contributed by atoms with E-state index in [1.165, 1.54) is 11.3 Å². The molecule has 0 aliphatic rings. The Morgan fingerprint density at radius 2 is 1.79 bits per heavy atom. The standard InChI is InChI=1S/C10H13Cl3S/c1-5(2)6(3)9(12)7-4-8(11)14-10(7)13/h4-6,9H,1-3H3. The van der Waals surface area contributed by atoms with Crippen LogP contribution in [0.25, 0.3) is 0 Å². The van der Waals surface area contributed by atoms with Crippen LogP contribution in [0.4, 0.5) is 0 Å². The van der Waals surface area contributed by atoms with Gasteiger partial charge in [-0.1, -0.05) is 44.0 Å². The summed E-state index contributed by atoms with van der Waals surface area (Å²) in [6, 6.07) is 1.87. The van der Waals surface area contributed by atoms with Crippen LogP contribution in [0.5, 0.6) is 0 Å². The predicted octanol–water partition coefficient (Wildman–Crippen LogP) is 5.63. The molecule has 0 N–H and O–H groups in total. The molecule has 0 saturated heterocycles. The van der Waals surface area contributed by atoms with Crippen molar-refractivity contribution in [1.82, 2.24) is 0 Å². The largest absolute Gasteiger partial charge is 0.117 e. The van der Waals surface area contributed by atoms with Gasteiger partial charge in [0, 0.05) is 5.56 Å². The minimum Gasteiger partial charge on any atom is -0.117 e. The van der Waals surface area contributed by atoms with Crippen LogP contribution in [0, 0.1) is 11.8 Å². The molecule has 1 rings (SSSR count). The highest BCUT2D eigenvalue weighted by Gasteiger charge is 2.23. The summed E-state index contributed by atoms with van der Waals surface area (Å²) in [5, 5.41) is -0.0498. The molecule has 80 valence electrons. The van der Waals surface area contributed by atoms with E-state index in [0.717, 1.165) is 5.56 Å². The zero-order valence-corrected chi connectivity index (χ0v) is 11.4. The SMILES string of the molecule is CC(C)C(C)C(Cl)c1cc(Cl)sc1Cl. The lowest BCUT2D eigenvalue weighted by atomic mass is 9.92.